The van der Waals surface area contributed by atoms with Crippen LogP contribution >= 0.6 is 0 Å². The van der Waals surface area contributed by atoms with Gasteiger partial charge in [0.15, 0.2) is 0 Å². The number of carbonyl (C=O) groups is 3. The number of likely N-dealkylation sites (tertiary alicyclic amines) is 1. The summed E-state index contributed by atoms with van der Waals surface area (Å²) in [5.41, 5.74) is 1.12. The Kier molecular flexibility index (Phi) is 10.2. The zero-order valence-corrected chi connectivity index (χ0v) is 29.3. The second-order valence-corrected chi connectivity index (χ2v) is 13.8. The molecule has 3 aliphatic heterocycles. The van der Waals surface area contributed by atoms with Gasteiger partial charge < -0.3 is 29.3 Å². The van der Waals surface area contributed by atoms with Crippen molar-refractivity contribution in [3.63, 3.8) is 0 Å². The van der Waals surface area contributed by atoms with Crippen molar-refractivity contribution in [2.75, 3.05) is 36.1 Å². The number of fused-ring (bicyclic) bond motifs is 1. The summed E-state index contributed by atoms with van der Waals surface area (Å²) in [6.07, 6.45) is 4.83. The first-order valence-corrected chi connectivity index (χ1v) is 17.2. The zero-order chi connectivity index (χ0) is 35.0. The van der Waals surface area contributed by atoms with Crippen LogP contribution in [0.15, 0.2) is 67.8 Å². The molecule has 2 unspecified atom stereocenters. The van der Waals surface area contributed by atoms with Gasteiger partial charge in [-0.2, -0.15) is 0 Å². The van der Waals surface area contributed by atoms with Gasteiger partial charge in [0.05, 0.1) is 36.7 Å². The van der Waals surface area contributed by atoms with Gasteiger partial charge in [-0.05, 0) is 87.4 Å². The summed E-state index contributed by atoms with van der Waals surface area (Å²) in [4.78, 5) is 49.9. The molecule has 48 heavy (non-hydrogen) atoms. The fourth-order valence-corrected chi connectivity index (χ4v) is 8.39. The molecule has 3 heterocycles. The van der Waals surface area contributed by atoms with Gasteiger partial charge in [0.1, 0.15) is 17.4 Å². The maximum Gasteiger partial charge on any atom is 0.253 e. The van der Waals surface area contributed by atoms with Crippen LogP contribution in [0.3, 0.4) is 0 Å². The van der Waals surface area contributed by atoms with Gasteiger partial charge >= 0.3 is 0 Å². The highest BCUT2D eigenvalue weighted by Gasteiger charge is 2.79. The Morgan fingerprint density at radius 1 is 1.04 bits per heavy atom. The van der Waals surface area contributed by atoms with Crippen molar-refractivity contribution in [3.05, 3.63) is 78.9 Å². The number of ether oxygens (including phenoxy) is 2. The molecule has 2 aromatic carbocycles. The maximum absolute atomic E-state index is 15.1. The molecule has 3 amide bonds. The van der Waals surface area contributed by atoms with E-state index in [1.165, 1.54) is 0 Å². The Morgan fingerprint density at radius 2 is 1.71 bits per heavy atom. The van der Waals surface area contributed by atoms with E-state index in [-0.39, 0.29) is 43.3 Å². The predicted molar refractivity (Wildman–Crippen MR) is 188 cm³/mol. The van der Waals surface area contributed by atoms with E-state index in [0.29, 0.717) is 37.3 Å². The van der Waals surface area contributed by atoms with E-state index in [9.17, 15) is 14.7 Å². The van der Waals surface area contributed by atoms with Crippen molar-refractivity contribution < 1.29 is 29.0 Å². The van der Waals surface area contributed by atoms with Gasteiger partial charge in [0.2, 0.25) is 11.8 Å². The molecule has 6 atom stereocenters. The van der Waals surface area contributed by atoms with E-state index in [2.05, 4.69) is 13.2 Å². The van der Waals surface area contributed by atoms with E-state index in [4.69, 9.17) is 9.47 Å². The van der Waals surface area contributed by atoms with Crippen molar-refractivity contribution in [1.82, 2.24) is 4.90 Å². The average molecular weight is 658 g/mol. The first kappa shape index (κ1) is 35.4. The number of amides is 3. The van der Waals surface area contributed by atoms with Crippen LogP contribution in [0.1, 0.15) is 58.1 Å². The number of aryl methyl sites for hydroxylation is 2. The average Bonchev–Trinajstić information content (AvgIpc) is 3.68. The van der Waals surface area contributed by atoms with E-state index in [0.717, 1.165) is 16.8 Å². The van der Waals surface area contributed by atoms with E-state index >= 15 is 4.79 Å². The molecule has 9 heteroatoms. The Morgan fingerprint density at radius 3 is 2.29 bits per heavy atom. The molecule has 3 saturated heterocycles. The number of aliphatic hydroxyl groups excluding tert-OH is 1. The topological polar surface area (TPSA) is 99.6 Å². The molecule has 0 radical (unpaired) electrons. The normalized spacial score (nSPS) is 26.4. The van der Waals surface area contributed by atoms with Crippen LogP contribution in [0.2, 0.25) is 0 Å². The lowest BCUT2D eigenvalue weighted by molar-refractivity contribution is -0.150. The van der Waals surface area contributed by atoms with Gasteiger partial charge in [-0.1, -0.05) is 45.1 Å². The molecule has 9 nitrogen and oxygen atoms in total. The van der Waals surface area contributed by atoms with Gasteiger partial charge in [0, 0.05) is 24.5 Å². The molecule has 3 fully saturated rings. The molecule has 1 N–H and O–H groups in total. The minimum Gasteiger partial charge on any atom is -0.494 e. The van der Waals surface area contributed by atoms with Crippen molar-refractivity contribution in [2.24, 2.45) is 17.8 Å². The number of anilines is 2. The third-order valence-corrected chi connectivity index (χ3v) is 10.7. The molecular formula is C39H51N3O6. The van der Waals surface area contributed by atoms with Crippen molar-refractivity contribution >= 4 is 29.1 Å². The molecule has 1 spiro atoms. The Bertz CT molecular complexity index is 1560. The van der Waals surface area contributed by atoms with Gasteiger partial charge in [0.25, 0.3) is 5.91 Å². The number of hydrogen-bond acceptors (Lipinski definition) is 6. The first-order chi connectivity index (χ1) is 22.9. The SMILES string of the molecule is C=CCN(C(=O)[C@@H]1[C@H]2C(=O)N([C@@H](CO)C(C)C)C(C(=O)N(CC=C)c3cc(C)ccc3C)C23CC[C@@]1(CC)O3)c1ccc(OCC)cc1. The van der Waals surface area contributed by atoms with Crippen LogP contribution in [-0.4, -0.2) is 77.3 Å². The number of carbonyl (C=O) groups excluding carboxylic acids is 3. The summed E-state index contributed by atoms with van der Waals surface area (Å²) in [7, 11) is 0. The summed E-state index contributed by atoms with van der Waals surface area (Å²) in [5, 5.41) is 10.7. The lowest BCUT2D eigenvalue weighted by Gasteiger charge is -2.41. The summed E-state index contributed by atoms with van der Waals surface area (Å²) >= 11 is 0. The zero-order valence-electron chi connectivity index (χ0n) is 29.3. The monoisotopic (exact) mass is 657 g/mol. The molecule has 258 valence electrons. The smallest absolute Gasteiger partial charge is 0.253 e. The predicted octanol–water partition coefficient (Wildman–Crippen LogP) is 5.61. The molecule has 5 rings (SSSR count). The number of benzene rings is 2. The van der Waals surface area contributed by atoms with Crippen molar-refractivity contribution in [2.45, 2.75) is 84.1 Å². The minimum absolute atomic E-state index is 0.161. The second-order valence-electron chi connectivity index (χ2n) is 13.8. The Hall–Kier alpha value is -3.95. The van der Waals surface area contributed by atoms with E-state index in [1.807, 2.05) is 84.0 Å². The lowest BCUT2D eigenvalue weighted by Crippen LogP contribution is -2.60. The standard InChI is InChI=1S/C39H51N3O6/c1-9-21-40(28-15-17-29(18-16-28)47-12-4)35(44)32-33-36(45)42(31(24-43)25(5)6)34(39(33)20-19-38(32,11-3)48-39)37(46)41(22-10-2)30-23-26(7)13-14-27(30)8/h9-10,13-18,23,25,31-34,43H,1-2,11-12,19-22,24H2,3-8H3/t31-,32-,33-,34?,38+,39?/m0/s1. The molecular weight excluding hydrogens is 606 g/mol. The molecule has 2 aromatic rings. The van der Waals surface area contributed by atoms with Crippen LogP contribution in [-0.2, 0) is 19.1 Å². The summed E-state index contributed by atoms with van der Waals surface area (Å²) in [6.45, 7) is 20.2. The van der Waals surface area contributed by atoms with Gasteiger partial charge in [-0.3, -0.25) is 14.4 Å². The lowest BCUT2D eigenvalue weighted by atomic mass is 9.64. The van der Waals surface area contributed by atoms with Crippen molar-refractivity contribution in [1.29, 1.82) is 0 Å². The number of rotatable bonds is 14. The fourth-order valence-electron chi connectivity index (χ4n) is 8.39. The third-order valence-electron chi connectivity index (χ3n) is 10.7. The Labute approximate surface area is 285 Å². The van der Waals surface area contributed by atoms with E-state index < -0.39 is 35.1 Å². The fraction of sp³-hybridized carbons (Fsp3) is 0.513. The molecule has 2 bridgehead atoms. The number of nitrogens with zero attached hydrogens (tertiary/aromatic N) is 3. The van der Waals surface area contributed by atoms with Gasteiger partial charge in [-0.15, -0.1) is 13.2 Å². The van der Waals surface area contributed by atoms with Crippen LogP contribution in [0, 0.1) is 31.6 Å². The van der Waals surface area contributed by atoms with Crippen LogP contribution < -0.4 is 14.5 Å². The highest BCUT2D eigenvalue weighted by molar-refractivity contribution is 6.07. The highest BCUT2D eigenvalue weighted by Crippen LogP contribution is 2.65. The molecule has 0 aromatic heterocycles. The largest absolute Gasteiger partial charge is 0.494 e. The summed E-state index contributed by atoms with van der Waals surface area (Å²) in [6, 6.07) is 11.6. The van der Waals surface area contributed by atoms with Gasteiger partial charge in [-0.25, -0.2) is 0 Å². The summed E-state index contributed by atoms with van der Waals surface area (Å²) in [5.74, 6) is -2.07. The molecule has 3 aliphatic rings. The van der Waals surface area contributed by atoms with Crippen LogP contribution in [0.4, 0.5) is 11.4 Å². The quantitative estimate of drug-likeness (QED) is 0.265. The maximum atomic E-state index is 15.1. The first-order valence-electron chi connectivity index (χ1n) is 17.2. The van der Waals surface area contributed by atoms with Crippen LogP contribution in [0.5, 0.6) is 5.75 Å². The number of aliphatic hydroxyl groups is 1. The molecule has 0 saturated carbocycles. The summed E-state index contributed by atoms with van der Waals surface area (Å²) < 4.78 is 12.7. The van der Waals surface area contributed by atoms with Crippen LogP contribution in [0.25, 0.3) is 0 Å². The highest BCUT2D eigenvalue weighted by atomic mass is 16.5. The second kappa shape index (κ2) is 13.9. The minimum atomic E-state index is -1.25. The third kappa shape index (κ3) is 5.64. The Balaban J connectivity index is 1.65. The van der Waals surface area contributed by atoms with E-state index in [1.54, 1.807) is 26.9 Å². The molecule has 0 aliphatic carbocycles. The number of hydrogen-bond donors (Lipinski definition) is 1. The van der Waals surface area contributed by atoms with Crippen molar-refractivity contribution in [3.8, 4) is 5.75 Å².